The number of hydrogen-bond donors (Lipinski definition) is 1. The molecule has 11 heteroatoms. The summed E-state index contributed by atoms with van der Waals surface area (Å²) in [5.74, 6) is 0.692. The highest BCUT2D eigenvalue weighted by Crippen LogP contribution is 2.35. The zero-order chi connectivity index (χ0) is 21.2. The number of nitrogens with zero attached hydrogens (tertiary/aromatic N) is 2. The van der Waals surface area contributed by atoms with Gasteiger partial charge in [0, 0.05) is 16.7 Å². The average Bonchev–Trinajstić information content (AvgIpc) is 3.11. The molecule has 1 heterocycles. The van der Waals surface area contributed by atoms with E-state index in [1.165, 1.54) is 6.21 Å². The van der Waals surface area contributed by atoms with Crippen LogP contribution in [0.4, 0.5) is 24.5 Å². The molecule has 150 valence electrons. The van der Waals surface area contributed by atoms with E-state index in [1.807, 2.05) is 0 Å². The highest BCUT2D eigenvalue weighted by molar-refractivity contribution is 6.35. The molecule has 0 saturated carbocycles. The van der Waals surface area contributed by atoms with Crippen LogP contribution in [0, 0.1) is 10.1 Å². The molecule has 3 aromatic rings. The van der Waals surface area contributed by atoms with Crippen molar-refractivity contribution < 1.29 is 22.5 Å². The van der Waals surface area contributed by atoms with Crippen molar-refractivity contribution in [1.82, 2.24) is 0 Å². The van der Waals surface area contributed by atoms with Crippen molar-refractivity contribution in [3.63, 3.8) is 0 Å². The lowest BCUT2D eigenvalue weighted by Gasteiger charge is -2.08. The molecule has 0 unspecified atom stereocenters. The maximum atomic E-state index is 12.7. The monoisotopic (exact) mass is 443 g/mol. The number of nitrogens with one attached hydrogen (secondary N) is 1. The molecule has 6 nitrogen and oxygen atoms in total. The van der Waals surface area contributed by atoms with Crippen LogP contribution < -0.4 is 5.43 Å². The van der Waals surface area contributed by atoms with E-state index < -0.39 is 22.4 Å². The van der Waals surface area contributed by atoms with Gasteiger partial charge in [-0.2, -0.15) is 18.3 Å². The van der Waals surface area contributed by atoms with Gasteiger partial charge < -0.3 is 4.42 Å². The molecule has 0 bridgehead atoms. The van der Waals surface area contributed by atoms with Crippen LogP contribution in [-0.4, -0.2) is 11.1 Å². The first-order valence-electron chi connectivity index (χ1n) is 7.85. The standard InChI is InChI=1S/C18H10Cl2F3N3O3/c19-11-2-4-14(20)13(8-11)17-6-3-12(29-17)9-24-25-15-5-1-10(18(21,22)23)7-16(15)26(27)28/h1-9,25H/b24-9+. The number of halogens is 5. The van der Waals surface area contributed by atoms with Crippen LogP contribution in [0.2, 0.25) is 10.0 Å². The molecule has 0 radical (unpaired) electrons. The molecular formula is C18H10Cl2F3N3O3. The van der Waals surface area contributed by atoms with Crippen molar-refractivity contribution in [3.8, 4) is 11.3 Å². The molecule has 29 heavy (non-hydrogen) atoms. The van der Waals surface area contributed by atoms with Crippen molar-refractivity contribution in [2.24, 2.45) is 5.10 Å². The van der Waals surface area contributed by atoms with Crippen LogP contribution in [0.15, 0.2) is 58.0 Å². The number of furan rings is 1. The maximum absolute atomic E-state index is 12.7. The maximum Gasteiger partial charge on any atom is 0.416 e. The molecule has 2 aromatic carbocycles. The normalized spacial score (nSPS) is 11.8. The van der Waals surface area contributed by atoms with Gasteiger partial charge >= 0.3 is 6.18 Å². The molecule has 0 saturated heterocycles. The van der Waals surface area contributed by atoms with Crippen LogP contribution in [-0.2, 0) is 6.18 Å². The zero-order valence-corrected chi connectivity index (χ0v) is 15.7. The molecule has 0 atom stereocenters. The van der Waals surface area contributed by atoms with E-state index in [-0.39, 0.29) is 11.4 Å². The van der Waals surface area contributed by atoms with Crippen LogP contribution in [0.3, 0.4) is 0 Å². The summed E-state index contributed by atoms with van der Waals surface area (Å²) in [4.78, 5) is 10.1. The van der Waals surface area contributed by atoms with Gasteiger partial charge in [-0.3, -0.25) is 15.5 Å². The van der Waals surface area contributed by atoms with E-state index in [4.69, 9.17) is 27.6 Å². The Morgan fingerprint density at radius 3 is 2.55 bits per heavy atom. The second kappa shape index (κ2) is 8.14. The summed E-state index contributed by atoms with van der Waals surface area (Å²) in [6.07, 6.45) is -3.48. The van der Waals surface area contributed by atoms with Crippen molar-refractivity contribution >= 4 is 40.8 Å². The highest BCUT2D eigenvalue weighted by atomic mass is 35.5. The van der Waals surface area contributed by atoms with Crippen LogP contribution >= 0.6 is 23.2 Å². The Hall–Kier alpha value is -3.04. The predicted molar refractivity (Wildman–Crippen MR) is 103 cm³/mol. The highest BCUT2D eigenvalue weighted by Gasteiger charge is 2.33. The first kappa shape index (κ1) is 20.7. The minimum Gasteiger partial charge on any atom is -0.455 e. The van der Waals surface area contributed by atoms with E-state index in [9.17, 15) is 23.3 Å². The third-order valence-corrected chi connectivity index (χ3v) is 4.28. The van der Waals surface area contributed by atoms with Gasteiger partial charge in [0.1, 0.15) is 17.2 Å². The Morgan fingerprint density at radius 1 is 1.10 bits per heavy atom. The fraction of sp³-hybridized carbons (Fsp3) is 0.0556. The Morgan fingerprint density at radius 2 is 1.86 bits per heavy atom. The minimum atomic E-state index is -4.70. The topological polar surface area (TPSA) is 80.7 Å². The fourth-order valence-electron chi connectivity index (χ4n) is 2.37. The Labute approximate surface area is 171 Å². The number of anilines is 1. The number of alkyl halides is 3. The molecule has 3 rings (SSSR count). The SMILES string of the molecule is O=[N+]([O-])c1cc(C(F)(F)F)ccc1N/N=C/c1ccc(-c2cc(Cl)ccc2Cl)o1. The lowest BCUT2D eigenvalue weighted by atomic mass is 10.1. The summed E-state index contributed by atoms with van der Waals surface area (Å²) in [5.41, 5.74) is 0.807. The van der Waals surface area contributed by atoms with Gasteiger partial charge in [0.15, 0.2) is 0 Å². The van der Waals surface area contributed by atoms with Crippen LogP contribution in [0.1, 0.15) is 11.3 Å². The number of hydrogen-bond acceptors (Lipinski definition) is 5. The van der Waals surface area contributed by atoms with Crippen molar-refractivity contribution in [3.05, 3.63) is 80.0 Å². The lowest BCUT2D eigenvalue weighted by molar-refractivity contribution is -0.384. The lowest BCUT2D eigenvalue weighted by Crippen LogP contribution is -2.06. The number of hydrazone groups is 1. The smallest absolute Gasteiger partial charge is 0.416 e. The van der Waals surface area contributed by atoms with Crippen LogP contribution in [0.25, 0.3) is 11.3 Å². The van der Waals surface area contributed by atoms with Gasteiger partial charge in [0.05, 0.1) is 21.7 Å². The number of rotatable bonds is 5. The minimum absolute atomic E-state index is 0.205. The Kier molecular flexibility index (Phi) is 5.81. The molecule has 0 aliphatic rings. The van der Waals surface area contributed by atoms with E-state index in [2.05, 4.69) is 10.5 Å². The third-order valence-electron chi connectivity index (χ3n) is 3.72. The summed E-state index contributed by atoms with van der Waals surface area (Å²) in [6.45, 7) is 0. The summed E-state index contributed by atoms with van der Waals surface area (Å²) < 4.78 is 43.8. The molecule has 1 aromatic heterocycles. The molecule has 0 fully saturated rings. The summed E-state index contributed by atoms with van der Waals surface area (Å²) in [5, 5.41) is 15.7. The number of nitro groups is 1. The fourth-order valence-corrected chi connectivity index (χ4v) is 2.76. The third kappa shape index (κ3) is 4.87. The van der Waals surface area contributed by atoms with E-state index in [0.717, 1.165) is 12.1 Å². The van der Waals surface area contributed by atoms with Gasteiger partial charge in [-0.15, -0.1) is 0 Å². The molecule has 0 amide bonds. The first-order valence-corrected chi connectivity index (χ1v) is 8.61. The van der Waals surface area contributed by atoms with Crippen molar-refractivity contribution in [1.29, 1.82) is 0 Å². The Bertz CT molecular complexity index is 1100. The zero-order valence-electron chi connectivity index (χ0n) is 14.2. The van der Waals surface area contributed by atoms with Crippen molar-refractivity contribution in [2.75, 3.05) is 5.43 Å². The first-order chi connectivity index (χ1) is 13.6. The largest absolute Gasteiger partial charge is 0.455 e. The van der Waals surface area contributed by atoms with Gasteiger partial charge in [0.2, 0.25) is 0 Å². The summed E-state index contributed by atoms with van der Waals surface area (Å²) in [7, 11) is 0. The summed E-state index contributed by atoms with van der Waals surface area (Å²) in [6, 6.07) is 10.1. The molecular weight excluding hydrogens is 434 g/mol. The van der Waals surface area contributed by atoms with E-state index >= 15 is 0 Å². The number of benzene rings is 2. The molecule has 1 N–H and O–H groups in total. The second-order valence-corrected chi connectivity index (χ2v) is 6.53. The van der Waals surface area contributed by atoms with Crippen molar-refractivity contribution in [2.45, 2.75) is 6.18 Å². The van der Waals surface area contributed by atoms with Gasteiger partial charge in [0.25, 0.3) is 5.69 Å². The Balaban J connectivity index is 1.79. The van der Waals surface area contributed by atoms with Crippen LogP contribution in [0.5, 0.6) is 0 Å². The van der Waals surface area contributed by atoms with Gasteiger partial charge in [-0.05, 0) is 42.5 Å². The molecule has 0 spiro atoms. The molecule has 0 aliphatic heterocycles. The van der Waals surface area contributed by atoms with E-state index in [0.29, 0.717) is 27.4 Å². The predicted octanol–water partition coefficient (Wildman–Crippen LogP) is 6.63. The second-order valence-electron chi connectivity index (χ2n) is 5.68. The quantitative estimate of drug-likeness (QED) is 0.272. The van der Waals surface area contributed by atoms with E-state index in [1.54, 1.807) is 30.3 Å². The molecule has 0 aliphatic carbocycles. The average molecular weight is 444 g/mol. The van der Waals surface area contributed by atoms with Gasteiger partial charge in [-0.25, -0.2) is 0 Å². The van der Waals surface area contributed by atoms with Gasteiger partial charge in [-0.1, -0.05) is 23.2 Å². The summed E-state index contributed by atoms with van der Waals surface area (Å²) >= 11 is 12.1. The number of nitro benzene ring substituents is 1.